The second kappa shape index (κ2) is 8.34. The number of halogens is 2. The third-order valence-electron chi connectivity index (χ3n) is 4.33. The molecule has 2 heterocycles. The molecule has 0 unspecified atom stereocenters. The lowest BCUT2D eigenvalue weighted by atomic mass is 9.87. The molecule has 1 N–H and O–H groups in total. The van der Waals surface area contributed by atoms with Gasteiger partial charge in [-0.25, -0.2) is 18.4 Å². The summed E-state index contributed by atoms with van der Waals surface area (Å²) in [5.74, 6) is -0.517. The van der Waals surface area contributed by atoms with Crippen LogP contribution in [0, 0.1) is 0 Å². The smallest absolute Gasteiger partial charge is 0.261 e. The number of nitrogens with one attached hydrogen (secondary N) is 1. The number of carbonyl (C=O) groups excluding carboxylic acids is 1. The van der Waals surface area contributed by atoms with Gasteiger partial charge in [-0.05, 0) is 41.3 Å². The summed E-state index contributed by atoms with van der Waals surface area (Å²) in [5, 5.41) is 0.414. The van der Waals surface area contributed by atoms with Gasteiger partial charge in [0.2, 0.25) is 5.78 Å². The molecule has 6 nitrogen and oxygen atoms in total. The first-order chi connectivity index (χ1) is 14.0. The van der Waals surface area contributed by atoms with Gasteiger partial charge in [0, 0.05) is 18.0 Å². The first-order valence-electron chi connectivity index (χ1n) is 8.92. The highest BCUT2D eigenvalue weighted by Crippen LogP contribution is 2.27. The summed E-state index contributed by atoms with van der Waals surface area (Å²) in [6.45, 7) is 6.11. The summed E-state index contributed by atoms with van der Waals surface area (Å²) >= 11 is 11.8. The van der Waals surface area contributed by atoms with Crippen LogP contribution in [-0.2, 0) is 15.4 Å². The summed E-state index contributed by atoms with van der Waals surface area (Å²) in [6.07, 6.45) is 2.57. The molecule has 0 atom stereocenters. The summed E-state index contributed by atoms with van der Waals surface area (Å²) < 4.78 is 28.2. The van der Waals surface area contributed by atoms with E-state index in [0.29, 0.717) is 0 Å². The maximum Gasteiger partial charge on any atom is 0.261 e. The zero-order valence-corrected chi connectivity index (χ0v) is 18.8. The normalized spacial score (nSPS) is 11.9. The van der Waals surface area contributed by atoms with Gasteiger partial charge in [0.25, 0.3) is 10.0 Å². The van der Waals surface area contributed by atoms with Crippen LogP contribution in [-0.4, -0.2) is 24.2 Å². The molecule has 0 amide bonds. The van der Waals surface area contributed by atoms with Crippen molar-refractivity contribution < 1.29 is 13.2 Å². The van der Waals surface area contributed by atoms with Crippen molar-refractivity contribution in [2.24, 2.45) is 0 Å². The number of anilines is 1. The number of hydrogen-bond acceptors (Lipinski definition) is 5. The molecule has 0 aliphatic heterocycles. The zero-order chi connectivity index (χ0) is 22.1. The van der Waals surface area contributed by atoms with Crippen molar-refractivity contribution in [1.82, 2.24) is 9.97 Å². The van der Waals surface area contributed by atoms with Crippen molar-refractivity contribution in [3.8, 4) is 0 Å². The van der Waals surface area contributed by atoms with Crippen molar-refractivity contribution >= 4 is 44.7 Å². The topological polar surface area (TPSA) is 89.0 Å². The third kappa shape index (κ3) is 4.98. The van der Waals surface area contributed by atoms with Crippen LogP contribution in [0.25, 0.3) is 0 Å². The molecule has 2 aromatic heterocycles. The number of sulfonamides is 1. The number of rotatable bonds is 5. The van der Waals surface area contributed by atoms with Crippen molar-refractivity contribution in [3.63, 3.8) is 0 Å². The molecule has 0 fully saturated rings. The standard InChI is InChI=1S/C21H19Cl2N3O3S/c1-21(2,3)14-5-7-16(8-6-14)30(28,29)26-17-10-15(22)12-25-19(17)20(27)13-4-9-18(23)24-11-13/h4-12,26H,1-3H3. The van der Waals surface area contributed by atoms with E-state index < -0.39 is 15.8 Å². The highest BCUT2D eigenvalue weighted by atomic mass is 35.5. The number of carbonyl (C=O) groups is 1. The van der Waals surface area contributed by atoms with Crippen LogP contribution in [0.4, 0.5) is 5.69 Å². The summed E-state index contributed by atoms with van der Waals surface area (Å²) in [5.41, 5.74) is 0.973. The Labute approximate surface area is 185 Å². The average Bonchev–Trinajstić information content (AvgIpc) is 2.67. The minimum absolute atomic E-state index is 0.0256. The van der Waals surface area contributed by atoms with Gasteiger partial charge in [-0.3, -0.25) is 9.52 Å². The molecule has 3 rings (SSSR count). The molecule has 0 spiro atoms. The fourth-order valence-electron chi connectivity index (χ4n) is 2.68. The van der Waals surface area contributed by atoms with E-state index >= 15 is 0 Å². The van der Waals surface area contributed by atoms with Gasteiger partial charge in [-0.1, -0.05) is 56.1 Å². The van der Waals surface area contributed by atoms with Crippen LogP contribution < -0.4 is 4.72 Å². The Kier molecular flexibility index (Phi) is 6.17. The van der Waals surface area contributed by atoms with Crippen LogP contribution in [0.1, 0.15) is 42.4 Å². The third-order valence-corrected chi connectivity index (χ3v) is 6.15. The Bertz CT molecular complexity index is 1190. The van der Waals surface area contributed by atoms with E-state index in [9.17, 15) is 13.2 Å². The molecule has 0 aliphatic carbocycles. The van der Waals surface area contributed by atoms with Gasteiger partial charge < -0.3 is 0 Å². The van der Waals surface area contributed by atoms with Gasteiger partial charge in [0.05, 0.1) is 15.6 Å². The molecular formula is C21H19Cl2N3O3S. The maximum atomic E-state index is 12.9. The molecule has 9 heteroatoms. The van der Waals surface area contributed by atoms with Gasteiger partial charge in [0.1, 0.15) is 10.8 Å². The van der Waals surface area contributed by atoms with E-state index in [4.69, 9.17) is 23.2 Å². The average molecular weight is 464 g/mol. The Morgan fingerprint density at radius 2 is 1.63 bits per heavy atom. The number of hydrogen-bond donors (Lipinski definition) is 1. The number of benzene rings is 1. The van der Waals surface area contributed by atoms with E-state index in [0.717, 1.165) is 5.56 Å². The van der Waals surface area contributed by atoms with Gasteiger partial charge in [-0.15, -0.1) is 0 Å². The molecule has 0 bridgehead atoms. The highest BCUT2D eigenvalue weighted by molar-refractivity contribution is 7.92. The molecule has 1 aromatic carbocycles. The Morgan fingerprint density at radius 1 is 0.967 bits per heavy atom. The quantitative estimate of drug-likeness (QED) is 0.419. The molecule has 0 aliphatic rings. The van der Waals surface area contributed by atoms with E-state index in [1.807, 2.05) is 20.8 Å². The second-order valence-corrected chi connectivity index (χ2v) is 10.1. The minimum atomic E-state index is -3.97. The predicted molar refractivity (Wildman–Crippen MR) is 118 cm³/mol. The summed E-state index contributed by atoms with van der Waals surface area (Å²) in [6, 6.07) is 10.8. The summed E-state index contributed by atoms with van der Waals surface area (Å²) in [7, 11) is -3.97. The van der Waals surface area contributed by atoms with E-state index in [1.165, 1.54) is 42.7 Å². The van der Waals surface area contributed by atoms with E-state index in [2.05, 4.69) is 14.7 Å². The molecule has 3 aromatic rings. The largest absolute Gasteiger partial charge is 0.287 e. The first kappa shape index (κ1) is 22.2. The summed E-state index contributed by atoms with van der Waals surface area (Å²) in [4.78, 5) is 20.8. The van der Waals surface area contributed by atoms with Crippen LogP contribution in [0.3, 0.4) is 0 Å². The van der Waals surface area contributed by atoms with E-state index in [-0.39, 0.29) is 37.4 Å². The number of ketones is 1. The van der Waals surface area contributed by atoms with Crippen LogP contribution in [0.2, 0.25) is 10.2 Å². The fraction of sp³-hybridized carbons (Fsp3) is 0.190. The van der Waals surface area contributed by atoms with Gasteiger partial charge in [0.15, 0.2) is 0 Å². The number of pyridine rings is 2. The Balaban J connectivity index is 1.97. The van der Waals surface area contributed by atoms with Gasteiger partial charge in [-0.2, -0.15) is 0 Å². The zero-order valence-electron chi connectivity index (χ0n) is 16.5. The predicted octanol–water partition coefficient (Wildman–Crippen LogP) is 5.11. The van der Waals surface area contributed by atoms with Crippen molar-refractivity contribution in [2.75, 3.05) is 4.72 Å². The molecular weight excluding hydrogens is 445 g/mol. The van der Waals surface area contributed by atoms with Crippen LogP contribution in [0.15, 0.2) is 59.8 Å². The van der Waals surface area contributed by atoms with Crippen molar-refractivity contribution in [1.29, 1.82) is 0 Å². The molecule has 30 heavy (non-hydrogen) atoms. The van der Waals surface area contributed by atoms with Crippen molar-refractivity contribution in [3.05, 3.63) is 81.9 Å². The van der Waals surface area contributed by atoms with Crippen molar-refractivity contribution in [2.45, 2.75) is 31.1 Å². The number of aromatic nitrogens is 2. The lowest BCUT2D eigenvalue weighted by molar-refractivity contribution is 0.103. The highest BCUT2D eigenvalue weighted by Gasteiger charge is 2.22. The monoisotopic (exact) mass is 463 g/mol. The lowest BCUT2D eigenvalue weighted by Gasteiger charge is -2.19. The Hall–Kier alpha value is -2.48. The maximum absolute atomic E-state index is 12.9. The lowest BCUT2D eigenvalue weighted by Crippen LogP contribution is -2.18. The van der Waals surface area contributed by atoms with Gasteiger partial charge >= 0.3 is 0 Å². The SMILES string of the molecule is CC(C)(C)c1ccc(S(=O)(=O)Nc2cc(Cl)cnc2C(=O)c2ccc(Cl)nc2)cc1. The van der Waals surface area contributed by atoms with E-state index in [1.54, 1.807) is 12.1 Å². The second-order valence-electron chi connectivity index (χ2n) is 7.63. The molecule has 0 radical (unpaired) electrons. The first-order valence-corrected chi connectivity index (χ1v) is 11.2. The number of nitrogens with zero attached hydrogens (tertiary/aromatic N) is 2. The Morgan fingerprint density at radius 3 is 2.20 bits per heavy atom. The minimum Gasteiger partial charge on any atom is -0.287 e. The molecule has 156 valence electrons. The fourth-order valence-corrected chi connectivity index (χ4v) is 4.01. The molecule has 0 saturated carbocycles. The van der Waals surface area contributed by atoms with Crippen LogP contribution in [0.5, 0.6) is 0 Å². The van der Waals surface area contributed by atoms with Crippen LogP contribution >= 0.6 is 23.2 Å². The molecule has 0 saturated heterocycles.